The number of aryl methyl sites for hydroxylation is 1. The van der Waals surface area contributed by atoms with Crippen molar-refractivity contribution in [1.82, 2.24) is 20.1 Å². The lowest BCUT2D eigenvalue weighted by molar-refractivity contribution is -0.146. The maximum Gasteiger partial charge on any atom is 0.338 e. The molecule has 0 spiro atoms. The number of thiazole rings is 1. The molecule has 1 aliphatic heterocycles. The number of hydrogen-bond acceptors (Lipinski definition) is 8. The van der Waals surface area contributed by atoms with Crippen LogP contribution < -0.4 is 5.32 Å². The number of aromatic nitrogens is 3. The Morgan fingerprint density at radius 2 is 2.10 bits per heavy atom. The van der Waals surface area contributed by atoms with E-state index in [1.54, 1.807) is 18.5 Å². The number of carbonyl (C=O) groups excluding carboxylic acids is 1. The molecular formula is C28H26ClF2N5O4S. The zero-order valence-corrected chi connectivity index (χ0v) is 23.5. The Kier molecular flexibility index (Phi) is 7.37. The number of carboxylic acid groups (broad SMARTS) is 1. The number of rotatable bonds is 7. The summed E-state index contributed by atoms with van der Waals surface area (Å²) in [5, 5.41) is 19.2. The number of esters is 1. The van der Waals surface area contributed by atoms with Gasteiger partial charge >= 0.3 is 11.9 Å². The lowest BCUT2D eigenvalue weighted by atomic mass is 9.80. The van der Waals surface area contributed by atoms with Gasteiger partial charge in [-0.2, -0.15) is 5.10 Å². The topological polar surface area (TPSA) is 119 Å². The van der Waals surface area contributed by atoms with Crippen LogP contribution in [0.1, 0.15) is 60.1 Å². The van der Waals surface area contributed by atoms with Crippen LogP contribution in [0.2, 0.25) is 5.02 Å². The quantitative estimate of drug-likeness (QED) is 0.288. The number of carboxylic acids is 1. The first-order valence-corrected chi connectivity index (χ1v) is 14.6. The summed E-state index contributed by atoms with van der Waals surface area (Å²) in [7, 11) is 0. The molecular weight excluding hydrogens is 576 g/mol. The predicted octanol–water partition coefficient (Wildman–Crippen LogP) is 5.02. The molecule has 1 aromatic carbocycles. The predicted molar refractivity (Wildman–Crippen MR) is 147 cm³/mol. The van der Waals surface area contributed by atoms with Gasteiger partial charge in [-0.3, -0.25) is 14.5 Å². The van der Waals surface area contributed by atoms with E-state index in [4.69, 9.17) is 26.4 Å². The van der Waals surface area contributed by atoms with E-state index in [-0.39, 0.29) is 35.6 Å². The average Bonchev–Trinajstić information content (AvgIpc) is 3.60. The maximum absolute atomic E-state index is 14.6. The summed E-state index contributed by atoms with van der Waals surface area (Å²) in [4.78, 5) is 33.8. The monoisotopic (exact) mass is 601 g/mol. The van der Waals surface area contributed by atoms with Gasteiger partial charge in [-0.1, -0.05) is 17.7 Å². The number of ether oxygens (including phenoxy) is 1. The molecule has 41 heavy (non-hydrogen) atoms. The van der Waals surface area contributed by atoms with Crippen LogP contribution in [0.3, 0.4) is 0 Å². The Labute approximate surface area is 242 Å². The van der Waals surface area contributed by atoms with Crippen LogP contribution in [0.4, 0.5) is 8.78 Å². The second-order valence-electron chi connectivity index (χ2n) is 10.3. The Balaban J connectivity index is 1.40. The van der Waals surface area contributed by atoms with Crippen molar-refractivity contribution in [2.24, 2.45) is 16.8 Å². The number of carbonyl (C=O) groups is 2. The molecule has 3 heterocycles. The summed E-state index contributed by atoms with van der Waals surface area (Å²) < 4.78 is 35.9. The summed E-state index contributed by atoms with van der Waals surface area (Å²) in [6.07, 6.45) is 6.54. The highest BCUT2D eigenvalue weighted by atomic mass is 35.5. The first-order chi connectivity index (χ1) is 19.7. The molecule has 2 unspecified atom stereocenters. The number of benzene rings is 1. The van der Waals surface area contributed by atoms with Crippen molar-refractivity contribution in [3.8, 4) is 0 Å². The third-order valence-corrected chi connectivity index (χ3v) is 9.06. The number of fused-ring (bicyclic) bond motifs is 1. The lowest BCUT2D eigenvalue weighted by Crippen LogP contribution is -2.38. The first-order valence-electron chi connectivity index (χ1n) is 13.3. The second-order valence-corrected chi connectivity index (χ2v) is 11.6. The smallest absolute Gasteiger partial charge is 0.338 e. The van der Waals surface area contributed by atoms with Gasteiger partial charge in [0.25, 0.3) is 0 Å². The number of nitrogens with zero attached hydrogens (tertiary/aromatic N) is 4. The summed E-state index contributed by atoms with van der Waals surface area (Å²) in [6.45, 7) is 1.80. The number of allylic oxidation sites excluding steroid dienone is 1. The van der Waals surface area contributed by atoms with E-state index in [0.29, 0.717) is 48.6 Å². The van der Waals surface area contributed by atoms with Crippen LogP contribution in [0, 0.1) is 23.5 Å². The van der Waals surface area contributed by atoms with E-state index in [0.717, 1.165) is 17.3 Å². The molecule has 6 rings (SSSR count). The van der Waals surface area contributed by atoms with Gasteiger partial charge in [-0.05, 0) is 50.7 Å². The van der Waals surface area contributed by atoms with Gasteiger partial charge in [0.2, 0.25) is 0 Å². The third kappa shape index (κ3) is 5.03. The molecule has 0 amide bonds. The molecule has 13 heteroatoms. The van der Waals surface area contributed by atoms with Gasteiger partial charge in [0.1, 0.15) is 6.04 Å². The standard InChI is InChI=1S/C28H26ClF2N5O4S/c1-2-40-28(39)20-23(13-3-6-19-15(9-13)12-36(35-19)16-10-14(11-16)27(37)38)33-25(26-32-7-8-41-26)34-24(20)17-4-5-18(30)22(31)21(17)29/h4-5,7-8,12-14,16,24H,2-3,6,9-11H2,1H3,(H,33,34)(H,37,38)/t13?,14-,16-,24?. The molecule has 2 atom stereocenters. The van der Waals surface area contributed by atoms with Gasteiger partial charge in [0.05, 0.1) is 34.9 Å². The Morgan fingerprint density at radius 3 is 2.80 bits per heavy atom. The third-order valence-electron chi connectivity index (χ3n) is 7.90. The zero-order chi connectivity index (χ0) is 28.8. The van der Waals surface area contributed by atoms with Crippen LogP contribution in [0.15, 0.2) is 46.2 Å². The van der Waals surface area contributed by atoms with Crippen molar-refractivity contribution in [2.45, 2.75) is 51.1 Å². The van der Waals surface area contributed by atoms with Crippen LogP contribution in [0.25, 0.3) is 0 Å². The van der Waals surface area contributed by atoms with Crippen molar-refractivity contribution >= 4 is 40.7 Å². The SMILES string of the molecule is CCOC(=O)C1=C(C2CCc3nn([C@H]4C[C@H](C(=O)O)C4)cc3C2)NC(c2nccs2)=NC1c1ccc(F)c(F)c1Cl. The molecule has 0 radical (unpaired) electrons. The van der Waals surface area contributed by atoms with Crippen LogP contribution in [-0.2, 0) is 27.2 Å². The number of aliphatic carboxylic acids is 1. The fraction of sp³-hybridized carbons (Fsp3) is 0.393. The van der Waals surface area contributed by atoms with Gasteiger partial charge < -0.3 is 15.2 Å². The zero-order valence-electron chi connectivity index (χ0n) is 21.9. The molecule has 9 nitrogen and oxygen atoms in total. The minimum atomic E-state index is -1.21. The highest BCUT2D eigenvalue weighted by molar-refractivity contribution is 7.11. The van der Waals surface area contributed by atoms with E-state index in [1.807, 2.05) is 10.9 Å². The van der Waals surface area contributed by atoms with Crippen molar-refractivity contribution < 1.29 is 28.2 Å². The summed E-state index contributed by atoms with van der Waals surface area (Å²) in [6, 6.07) is 1.29. The van der Waals surface area contributed by atoms with Crippen LogP contribution >= 0.6 is 22.9 Å². The summed E-state index contributed by atoms with van der Waals surface area (Å²) in [5.41, 5.74) is 2.86. The maximum atomic E-state index is 14.6. The van der Waals surface area contributed by atoms with Crippen LogP contribution in [-0.4, -0.2) is 44.3 Å². The Bertz CT molecular complexity index is 1580. The molecule has 2 aromatic heterocycles. The molecule has 0 saturated heterocycles. The van der Waals surface area contributed by atoms with Crippen molar-refractivity contribution in [1.29, 1.82) is 0 Å². The van der Waals surface area contributed by atoms with E-state index in [1.165, 1.54) is 17.4 Å². The Morgan fingerprint density at radius 1 is 1.29 bits per heavy atom. The molecule has 214 valence electrons. The Hall–Kier alpha value is -3.64. The molecule has 2 aliphatic carbocycles. The van der Waals surface area contributed by atoms with E-state index < -0.39 is 34.6 Å². The normalized spacial score (nSPS) is 23.8. The molecule has 3 aromatic rings. The summed E-state index contributed by atoms with van der Waals surface area (Å²) >= 11 is 7.64. The highest BCUT2D eigenvalue weighted by Crippen LogP contribution is 2.43. The van der Waals surface area contributed by atoms with Gasteiger partial charge in [0, 0.05) is 35.0 Å². The highest BCUT2D eigenvalue weighted by Gasteiger charge is 2.40. The van der Waals surface area contributed by atoms with Crippen molar-refractivity contribution in [3.63, 3.8) is 0 Å². The first kappa shape index (κ1) is 27.5. The molecule has 2 N–H and O–H groups in total. The van der Waals surface area contributed by atoms with Crippen molar-refractivity contribution in [2.75, 3.05) is 6.61 Å². The lowest BCUT2D eigenvalue weighted by Gasteiger charge is -2.33. The van der Waals surface area contributed by atoms with E-state index in [2.05, 4.69) is 10.3 Å². The number of amidine groups is 1. The van der Waals surface area contributed by atoms with Crippen LogP contribution in [0.5, 0.6) is 0 Å². The fourth-order valence-electron chi connectivity index (χ4n) is 5.71. The van der Waals surface area contributed by atoms with Gasteiger partial charge in [0.15, 0.2) is 22.5 Å². The number of hydrogen-bond donors (Lipinski definition) is 2. The minimum absolute atomic E-state index is 0.0470. The largest absolute Gasteiger partial charge is 0.481 e. The average molecular weight is 602 g/mol. The minimum Gasteiger partial charge on any atom is -0.481 e. The fourth-order valence-corrected chi connectivity index (χ4v) is 6.56. The van der Waals surface area contributed by atoms with E-state index in [9.17, 15) is 23.5 Å². The molecule has 0 bridgehead atoms. The van der Waals surface area contributed by atoms with Crippen molar-refractivity contribution in [3.05, 3.63) is 79.7 Å². The number of aliphatic imine (C=N–C) groups is 1. The van der Waals surface area contributed by atoms with E-state index >= 15 is 0 Å². The molecule has 3 aliphatic rings. The number of halogens is 3. The summed E-state index contributed by atoms with van der Waals surface area (Å²) in [5.74, 6) is -3.85. The van der Waals surface area contributed by atoms with Gasteiger partial charge in [-0.25, -0.2) is 18.6 Å². The second kappa shape index (κ2) is 11.0. The molecule has 1 saturated carbocycles. The molecule has 1 fully saturated rings. The number of nitrogens with one attached hydrogen (secondary N) is 1. The van der Waals surface area contributed by atoms with Gasteiger partial charge in [-0.15, -0.1) is 11.3 Å².